The maximum atomic E-state index is 13.7. The van der Waals surface area contributed by atoms with Crippen LogP contribution < -0.4 is 9.62 Å². The van der Waals surface area contributed by atoms with Crippen molar-refractivity contribution in [3.63, 3.8) is 0 Å². The number of likely N-dealkylation sites (tertiary alicyclic amines) is 1. The van der Waals surface area contributed by atoms with E-state index in [1.807, 2.05) is 18.6 Å². The highest BCUT2D eigenvalue weighted by Crippen LogP contribution is 2.36. The fourth-order valence-corrected chi connectivity index (χ4v) is 6.07. The molecule has 0 saturated carbocycles. The molecule has 204 valence electrons. The Balaban J connectivity index is 1.60. The highest BCUT2D eigenvalue weighted by atomic mass is 32.2. The van der Waals surface area contributed by atoms with Crippen molar-refractivity contribution in [1.29, 1.82) is 0 Å². The number of halogens is 1. The molecule has 1 aromatic carbocycles. The molecular weight excluding hydrogens is 507 g/mol. The van der Waals surface area contributed by atoms with Gasteiger partial charge in [0.25, 0.3) is 5.91 Å². The molecule has 1 amide bonds. The van der Waals surface area contributed by atoms with Crippen molar-refractivity contribution in [3.8, 4) is 5.69 Å². The number of nitrogens with one attached hydrogen (secondary N) is 1. The van der Waals surface area contributed by atoms with E-state index in [4.69, 9.17) is 5.10 Å². The van der Waals surface area contributed by atoms with Gasteiger partial charge < -0.3 is 9.80 Å². The number of benzene rings is 1. The first kappa shape index (κ1) is 26.6. The number of amides is 1. The number of piperidine rings is 2. The van der Waals surface area contributed by atoms with Crippen LogP contribution in [0.15, 0.2) is 30.3 Å². The van der Waals surface area contributed by atoms with Crippen molar-refractivity contribution in [3.05, 3.63) is 47.5 Å². The molecule has 2 aliphatic heterocycles. The topological polar surface area (TPSA) is 100 Å². The van der Waals surface area contributed by atoms with Crippen LogP contribution in [0.4, 0.5) is 10.1 Å². The van der Waals surface area contributed by atoms with Crippen LogP contribution in [0.3, 0.4) is 0 Å². The van der Waals surface area contributed by atoms with E-state index in [1.165, 1.54) is 31.4 Å². The van der Waals surface area contributed by atoms with E-state index < -0.39 is 15.9 Å². The summed E-state index contributed by atoms with van der Waals surface area (Å²) < 4.78 is 41.0. The summed E-state index contributed by atoms with van der Waals surface area (Å²) in [6.07, 6.45) is 6.78. The van der Waals surface area contributed by atoms with Gasteiger partial charge in [-0.1, -0.05) is 20.3 Å². The van der Waals surface area contributed by atoms with Crippen molar-refractivity contribution in [2.75, 3.05) is 37.3 Å². The van der Waals surface area contributed by atoms with E-state index in [-0.39, 0.29) is 17.4 Å². The van der Waals surface area contributed by atoms with Crippen LogP contribution in [0, 0.1) is 5.82 Å². The number of pyridine rings is 1. The molecule has 4 heterocycles. The van der Waals surface area contributed by atoms with E-state index in [0.29, 0.717) is 17.4 Å². The fourth-order valence-electron chi connectivity index (χ4n) is 5.63. The molecule has 0 aliphatic carbocycles. The Morgan fingerprint density at radius 1 is 1.05 bits per heavy atom. The number of anilines is 1. The van der Waals surface area contributed by atoms with Crippen LogP contribution in [0.2, 0.25) is 0 Å². The molecule has 0 radical (unpaired) electrons. The Morgan fingerprint density at radius 2 is 1.71 bits per heavy atom. The van der Waals surface area contributed by atoms with Crippen LogP contribution in [0.1, 0.15) is 68.1 Å². The second-order valence-corrected chi connectivity index (χ2v) is 12.4. The lowest BCUT2D eigenvalue weighted by molar-refractivity contribution is 0.0977. The van der Waals surface area contributed by atoms with Crippen molar-refractivity contribution in [1.82, 2.24) is 24.4 Å². The van der Waals surface area contributed by atoms with Crippen molar-refractivity contribution >= 4 is 32.7 Å². The normalized spacial score (nSPS) is 17.9. The number of rotatable bonds is 6. The van der Waals surface area contributed by atoms with Crippen molar-refractivity contribution in [2.45, 2.75) is 57.9 Å². The highest BCUT2D eigenvalue weighted by Gasteiger charge is 2.30. The summed E-state index contributed by atoms with van der Waals surface area (Å²) in [5.74, 6) is -1.11. The first-order chi connectivity index (χ1) is 18.1. The molecule has 9 nitrogen and oxygen atoms in total. The van der Waals surface area contributed by atoms with Gasteiger partial charge >= 0.3 is 0 Å². The number of hydrogen-bond donors (Lipinski definition) is 1. The average Bonchev–Trinajstić information content (AvgIpc) is 3.28. The van der Waals surface area contributed by atoms with Crippen molar-refractivity contribution in [2.24, 2.45) is 0 Å². The first-order valence-electron chi connectivity index (χ1n) is 13.3. The average molecular weight is 543 g/mol. The number of nitrogens with zero attached hydrogens (tertiary/aromatic N) is 5. The lowest BCUT2D eigenvalue weighted by Crippen LogP contribution is -2.46. The smallest absolute Gasteiger partial charge is 0.283 e. The Labute approximate surface area is 223 Å². The monoisotopic (exact) mass is 542 g/mol. The third kappa shape index (κ3) is 5.54. The molecule has 2 aliphatic rings. The second kappa shape index (κ2) is 10.6. The summed E-state index contributed by atoms with van der Waals surface area (Å²) in [6, 6.07) is 8.16. The summed E-state index contributed by atoms with van der Waals surface area (Å²) >= 11 is 0. The lowest BCUT2D eigenvalue weighted by Gasteiger charge is -2.41. The molecule has 2 saturated heterocycles. The van der Waals surface area contributed by atoms with Gasteiger partial charge in [-0.15, -0.1) is 0 Å². The SMILES string of the molecule is CC(C)c1nn(-c2ccc(F)cc2)c2nc(C(=O)NS(C)(=O)=O)cc(N3CCC(N4CCCCC4)CC3)c12. The fraction of sp³-hybridized carbons (Fsp3) is 0.519. The standard InChI is InChI=1S/C27H35FN6O3S/c1-18(2)25-24-23(33-15-11-20(12-16-33)32-13-5-4-6-14-32)17-22(27(35)31-38(3,36)37)29-26(24)34(30-25)21-9-7-19(28)8-10-21/h7-10,17-18,20H,4-6,11-16H2,1-3H3,(H,31,35). The van der Waals surface area contributed by atoms with E-state index >= 15 is 0 Å². The summed E-state index contributed by atoms with van der Waals surface area (Å²) in [6.45, 7) is 8.03. The van der Waals surface area contributed by atoms with Crippen LogP contribution in [0.25, 0.3) is 16.7 Å². The Hall–Kier alpha value is -3.05. The predicted molar refractivity (Wildman–Crippen MR) is 146 cm³/mol. The van der Waals surface area contributed by atoms with E-state index in [2.05, 4.69) is 14.8 Å². The zero-order valence-corrected chi connectivity index (χ0v) is 23.0. The molecule has 0 spiro atoms. The van der Waals surface area contributed by atoms with Crippen LogP contribution in [0.5, 0.6) is 0 Å². The highest BCUT2D eigenvalue weighted by molar-refractivity contribution is 7.89. The predicted octanol–water partition coefficient (Wildman–Crippen LogP) is 3.83. The second-order valence-electron chi connectivity index (χ2n) is 10.7. The van der Waals surface area contributed by atoms with Gasteiger partial charge in [0.05, 0.1) is 28.7 Å². The number of sulfonamides is 1. The Bertz CT molecular complexity index is 1420. The zero-order chi connectivity index (χ0) is 27.0. The zero-order valence-electron chi connectivity index (χ0n) is 22.2. The summed E-state index contributed by atoms with van der Waals surface area (Å²) in [7, 11) is -3.78. The molecule has 1 N–H and O–H groups in total. The van der Waals surface area contributed by atoms with Gasteiger partial charge in [0.1, 0.15) is 11.5 Å². The number of carbonyl (C=O) groups is 1. The molecule has 0 bridgehead atoms. The molecule has 0 unspecified atom stereocenters. The van der Waals surface area contributed by atoms with Crippen LogP contribution in [-0.2, 0) is 10.0 Å². The quantitative estimate of drug-likeness (QED) is 0.505. The van der Waals surface area contributed by atoms with Gasteiger partial charge in [0.15, 0.2) is 5.65 Å². The summed E-state index contributed by atoms with van der Waals surface area (Å²) in [5.41, 5.74) is 2.68. The minimum atomic E-state index is -3.78. The third-order valence-electron chi connectivity index (χ3n) is 7.49. The number of fused-ring (bicyclic) bond motifs is 1. The largest absolute Gasteiger partial charge is 0.371 e. The van der Waals surface area contributed by atoms with Crippen LogP contribution in [-0.4, -0.2) is 72.5 Å². The van der Waals surface area contributed by atoms with E-state index in [9.17, 15) is 17.6 Å². The molecule has 38 heavy (non-hydrogen) atoms. The number of carbonyl (C=O) groups excluding carboxylic acids is 1. The van der Waals surface area contributed by atoms with Gasteiger partial charge in [-0.3, -0.25) is 4.79 Å². The Morgan fingerprint density at radius 3 is 2.32 bits per heavy atom. The summed E-state index contributed by atoms with van der Waals surface area (Å²) in [4.78, 5) is 22.5. The van der Waals surface area contributed by atoms with Gasteiger partial charge in [-0.2, -0.15) is 5.10 Å². The molecular formula is C27H35FN6O3S. The Kier molecular flexibility index (Phi) is 7.41. The summed E-state index contributed by atoms with van der Waals surface area (Å²) in [5, 5.41) is 5.68. The van der Waals surface area contributed by atoms with Gasteiger partial charge in [-0.05, 0) is 75.0 Å². The molecule has 3 aromatic rings. The molecule has 2 fully saturated rings. The molecule has 0 atom stereocenters. The van der Waals surface area contributed by atoms with Gasteiger partial charge in [0.2, 0.25) is 10.0 Å². The maximum absolute atomic E-state index is 13.7. The van der Waals surface area contributed by atoms with Gasteiger partial charge in [0, 0.05) is 19.1 Å². The minimum Gasteiger partial charge on any atom is -0.371 e. The van der Waals surface area contributed by atoms with Crippen molar-refractivity contribution < 1.29 is 17.6 Å². The molecule has 5 rings (SSSR count). The maximum Gasteiger partial charge on any atom is 0.283 e. The first-order valence-corrected chi connectivity index (χ1v) is 15.2. The third-order valence-corrected chi connectivity index (χ3v) is 8.04. The number of hydrogen-bond acceptors (Lipinski definition) is 7. The molecule has 2 aromatic heterocycles. The minimum absolute atomic E-state index is 0.00496. The van der Waals surface area contributed by atoms with E-state index in [1.54, 1.807) is 22.9 Å². The van der Waals surface area contributed by atoms with Crippen LogP contribution >= 0.6 is 0 Å². The van der Waals surface area contributed by atoms with E-state index in [0.717, 1.165) is 62.0 Å². The number of aromatic nitrogens is 3. The van der Waals surface area contributed by atoms with Gasteiger partial charge in [-0.25, -0.2) is 27.2 Å². The lowest BCUT2D eigenvalue weighted by atomic mass is 9.98. The molecule has 11 heteroatoms.